The first-order valence-corrected chi connectivity index (χ1v) is 11.0. The van der Waals surface area contributed by atoms with Crippen LogP contribution < -0.4 is 11.1 Å². The first kappa shape index (κ1) is 24.6. The van der Waals surface area contributed by atoms with E-state index in [1.54, 1.807) is 30.3 Å². The number of primary amides is 1. The van der Waals surface area contributed by atoms with Crippen molar-refractivity contribution >= 4 is 28.7 Å². The maximum Gasteiger partial charge on any atom is 0.417 e. The van der Waals surface area contributed by atoms with Crippen LogP contribution in [0.4, 0.5) is 23.4 Å². The van der Waals surface area contributed by atoms with E-state index in [0.717, 1.165) is 6.07 Å². The molecule has 5 rings (SSSR count). The topological polar surface area (TPSA) is 121 Å². The lowest BCUT2D eigenvalue weighted by atomic mass is 9.99. The fraction of sp³-hybridized carbons (Fsp3) is 0.0800. The molecule has 9 nitrogen and oxygen atoms in total. The third kappa shape index (κ3) is 4.45. The van der Waals surface area contributed by atoms with Gasteiger partial charge in [-0.3, -0.25) is 14.3 Å². The van der Waals surface area contributed by atoms with Gasteiger partial charge in [-0.05, 0) is 36.4 Å². The van der Waals surface area contributed by atoms with Gasteiger partial charge in [0.1, 0.15) is 16.9 Å². The smallest absolute Gasteiger partial charge is 0.366 e. The van der Waals surface area contributed by atoms with Gasteiger partial charge in [-0.2, -0.15) is 23.4 Å². The van der Waals surface area contributed by atoms with Crippen LogP contribution in [0, 0.1) is 5.82 Å². The molecular weight excluding hydrogens is 506 g/mol. The zero-order valence-corrected chi connectivity index (χ0v) is 19.5. The Labute approximate surface area is 211 Å². The Bertz CT molecular complexity index is 1710. The molecule has 13 heteroatoms. The van der Waals surface area contributed by atoms with Gasteiger partial charge in [0.2, 0.25) is 5.91 Å². The van der Waals surface area contributed by atoms with Gasteiger partial charge in [0.25, 0.3) is 5.91 Å². The van der Waals surface area contributed by atoms with Crippen molar-refractivity contribution in [1.82, 2.24) is 24.5 Å². The molecule has 0 aliphatic rings. The highest BCUT2D eigenvalue weighted by molar-refractivity contribution is 6.09. The Balaban J connectivity index is 1.64. The fourth-order valence-electron chi connectivity index (χ4n) is 3.90. The number of nitrogens with one attached hydrogen (secondary N) is 1. The van der Waals surface area contributed by atoms with Crippen molar-refractivity contribution in [2.24, 2.45) is 12.8 Å². The predicted molar refractivity (Wildman–Crippen MR) is 129 cm³/mol. The minimum Gasteiger partial charge on any atom is -0.366 e. The molecule has 2 aromatic carbocycles. The molecule has 38 heavy (non-hydrogen) atoms. The van der Waals surface area contributed by atoms with Crippen molar-refractivity contribution in [2.75, 3.05) is 5.32 Å². The van der Waals surface area contributed by atoms with Gasteiger partial charge in [-0.25, -0.2) is 14.1 Å². The van der Waals surface area contributed by atoms with E-state index in [1.165, 1.54) is 40.9 Å². The molecule has 3 heterocycles. The summed E-state index contributed by atoms with van der Waals surface area (Å²) in [5, 5.41) is 10.9. The zero-order valence-electron chi connectivity index (χ0n) is 19.5. The lowest BCUT2D eigenvalue weighted by Crippen LogP contribution is -2.18. The highest BCUT2D eigenvalue weighted by atomic mass is 19.4. The molecule has 0 aliphatic heterocycles. The number of anilines is 1. The van der Waals surface area contributed by atoms with Crippen LogP contribution in [0.3, 0.4) is 0 Å². The third-order valence-corrected chi connectivity index (χ3v) is 5.68. The molecule has 3 aromatic heterocycles. The number of aryl methyl sites for hydroxylation is 1. The summed E-state index contributed by atoms with van der Waals surface area (Å²) < 4.78 is 58.7. The van der Waals surface area contributed by atoms with Crippen molar-refractivity contribution in [3.63, 3.8) is 0 Å². The standard InChI is InChI=1S/C25H17F4N7O2/c1-35-8-7-19(33-35)15-10-16(18(26)11-17(15)25(27,28)29)24(38)32-23-21-20(9-13(12-31-21)22(30)37)34-36(23)14-5-3-2-4-6-14/h2-12H,1H3,(H2,30,37)(H,32,38). The monoisotopic (exact) mass is 523 g/mol. The summed E-state index contributed by atoms with van der Waals surface area (Å²) in [5.41, 5.74) is 3.75. The van der Waals surface area contributed by atoms with Crippen LogP contribution in [0.25, 0.3) is 28.0 Å². The second-order valence-corrected chi connectivity index (χ2v) is 8.26. The lowest BCUT2D eigenvalue weighted by Gasteiger charge is -2.15. The Morgan fingerprint density at radius 1 is 1.03 bits per heavy atom. The number of carbonyl (C=O) groups excluding carboxylic acids is 2. The van der Waals surface area contributed by atoms with Gasteiger partial charge in [0.15, 0.2) is 5.82 Å². The highest BCUT2D eigenvalue weighted by Crippen LogP contribution is 2.38. The van der Waals surface area contributed by atoms with Crippen LogP contribution in [-0.4, -0.2) is 36.4 Å². The van der Waals surface area contributed by atoms with Gasteiger partial charge in [0, 0.05) is 25.0 Å². The number of carbonyl (C=O) groups is 2. The molecule has 0 saturated heterocycles. The average molecular weight is 523 g/mol. The van der Waals surface area contributed by atoms with Gasteiger partial charge < -0.3 is 11.1 Å². The summed E-state index contributed by atoms with van der Waals surface area (Å²) in [6.07, 6.45) is -2.28. The number of nitrogens with two attached hydrogens (primary N) is 1. The molecule has 0 saturated carbocycles. The number of aromatic nitrogens is 5. The zero-order chi connectivity index (χ0) is 27.2. The highest BCUT2D eigenvalue weighted by Gasteiger charge is 2.36. The van der Waals surface area contributed by atoms with Crippen LogP contribution in [0.15, 0.2) is 67.0 Å². The van der Waals surface area contributed by atoms with Gasteiger partial charge >= 0.3 is 6.18 Å². The summed E-state index contributed by atoms with van der Waals surface area (Å²) in [7, 11) is 1.51. The van der Waals surface area contributed by atoms with Crippen LogP contribution in [0.2, 0.25) is 0 Å². The summed E-state index contributed by atoms with van der Waals surface area (Å²) in [4.78, 5) is 29.1. The van der Waals surface area contributed by atoms with Crippen molar-refractivity contribution in [3.8, 4) is 16.9 Å². The molecule has 0 radical (unpaired) electrons. The van der Waals surface area contributed by atoms with Crippen molar-refractivity contribution in [3.05, 3.63) is 89.5 Å². The maximum atomic E-state index is 15.0. The summed E-state index contributed by atoms with van der Waals surface area (Å²) in [5.74, 6) is -3.17. The number of benzene rings is 2. The molecule has 0 spiro atoms. The summed E-state index contributed by atoms with van der Waals surface area (Å²) in [6, 6.07) is 12.3. The number of para-hydroxylation sites is 1. The minimum atomic E-state index is -4.90. The molecule has 5 aromatic rings. The first-order valence-electron chi connectivity index (χ1n) is 11.0. The van der Waals surface area contributed by atoms with E-state index >= 15 is 0 Å². The van der Waals surface area contributed by atoms with Crippen LogP contribution >= 0.6 is 0 Å². The first-order chi connectivity index (χ1) is 18.0. The van der Waals surface area contributed by atoms with Gasteiger partial charge in [-0.1, -0.05) is 18.2 Å². The number of halogens is 4. The van der Waals surface area contributed by atoms with Gasteiger partial charge in [-0.15, -0.1) is 0 Å². The molecule has 0 atom stereocenters. The second-order valence-electron chi connectivity index (χ2n) is 8.26. The van der Waals surface area contributed by atoms with E-state index in [2.05, 4.69) is 20.5 Å². The number of nitrogens with zero attached hydrogens (tertiary/aromatic N) is 5. The van der Waals surface area contributed by atoms with Crippen molar-refractivity contribution in [2.45, 2.75) is 6.18 Å². The number of hydrogen-bond acceptors (Lipinski definition) is 5. The number of amides is 2. The molecule has 3 N–H and O–H groups in total. The summed E-state index contributed by atoms with van der Waals surface area (Å²) >= 11 is 0. The Kier molecular flexibility index (Phi) is 5.90. The SMILES string of the molecule is Cn1ccc(-c2cc(C(=O)Nc3c4ncc(C(N)=O)cc4nn3-c3ccccc3)c(F)cc2C(F)(F)F)n1. The molecule has 0 bridgehead atoms. The Hall–Kier alpha value is -5.07. The predicted octanol–water partition coefficient (Wildman–Crippen LogP) is 4.33. The van der Waals surface area contributed by atoms with E-state index in [0.29, 0.717) is 5.69 Å². The number of pyridine rings is 1. The normalized spacial score (nSPS) is 11.6. The Morgan fingerprint density at radius 2 is 1.76 bits per heavy atom. The number of hydrogen-bond donors (Lipinski definition) is 2. The van der Waals surface area contributed by atoms with Crippen molar-refractivity contribution in [1.29, 1.82) is 0 Å². The van der Waals surface area contributed by atoms with Crippen molar-refractivity contribution < 1.29 is 27.2 Å². The second kappa shape index (κ2) is 9.10. The van der Waals surface area contributed by atoms with Crippen LogP contribution in [-0.2, 0) is 13.2 Å². The molecular formula is C25H17F4N7O2. The van der Waals surface area contributed by atoms with E-state index in [4.69, 9.17) is 5.73 Å². The number of fused-ring (bicyclic) bond motifs is 1. The summed E-state index contributed by atoms with van der Waals surface area (Å²) in [6.45, 7) is 0. The molecule has 0 aliphatic carbocycles. The number of alkyl halides is 3. The van der Waals surface area contributed by atoms with Crippen LogP contribution in [0.5, 0.6) is 0 Å². The van der Waals surface area contributed by atoms with E-state index in [1.807, 2.05) is 0 Å². The van der Waals surface area contributed by atoms with Gasteiger partial charge in [0.05, 0.1) is 28.1 Å². The van der Waals surface area contributed by atoms with Crippen LogP contribution in [0.1, 0.15) is 26.3 Å². The quantitative estimate of drug-likeness (QED) is 0.332. The molecule has 2 amide bonds. The molecule has 0 fully saturated rings. The average Bonchev–Trinajstić information content (AvgIpc) is 3.47. The third-order valence-electron chi connectivity index (χ3n) is 5.68. The molecule has 192 valence electrons. The lowest BCUT2D eigenvalue weighted by molar-refractivity contribution is -0.137. The number of rotatable bonds is 5. The largest absolute Gasteiger partial charge is 0.417 e. The minimum absolute atomic E-state index is 0.00547. The fourth-order valence-corrected chi connectivity index (χ4v) is 3.90. The maximum absolute atomic E-state index is 15.0. The Morgan fingerprint density at radius 3 is 2.39 bits per heavy atom. The molecule has 0 unspecified atom stereocenters. The van der Waals surface area contributed by atoms with E-state index < -0.39 is 40.5 Å². The van der Waals surface area contributed by atoms with E-state index in [-0.39, 0.29) is 34.2 Å². The van der Waals surface area contributed by atoms with E-state index in [9.17, 15) is 27.2 Å².